The lowest BCUT2D eigenvalue weighted by atomic mass is 9.89. The van der Waals surface area contributed by atoms with Gasteiger partial charge in [0.15, 0.2) is 28.8 Å². The van der Waals surface area contributed by atoms with E-state index in [0.717, 1.165) is 35.7 Å². The summed E-state index contributed by atoms with van der Waals surface area (Å²) in [5.41, 5.74) is 3.24. The van der Waals surface area contributed by atoms with Gasteiger partial charge < -0.3 is 29.2 Å². The monoisotopic (exact) mass is 485 g/mol. The van der Waals surface area contributed by atoms with Crippen LogP contribution in [0.15, 0.2) is 42.4 Å². The van der Waals surface area contributed by atoms with Crippen LogP contribution < -0.4 is 24.3 Å². The highest BCUT2D eigenvalue weighted by Gasteiger charge is 2.31. The van der Waals surface area contributed by atoms with Crippen molar-refractivity contribution in [1.82, 2.24) is 10.2 Å². The molecule has 1 heterocycles. The first-order valence-electron chi connectivity index (χ1n) is 11.7. The Labute approximate surface area is 206 Å². The number of nitro groups is 1. The van der Waals surface area contributed by atoms with Crippen molar-refractivity contribution in [1.29, 1.82) is 0 Å². The number of ether oxygens (including phenoxy) is 4. The molecule has 2 aromatic carbocycles. The van der Waals surface area contributed by atoms with Gasteiger partial charge in [-0.3, -0.25) is 10.1 Å². The second-order valence-corrected chi connectivity index (χ2v) is 8.44. The Morgan fingerprint density at radius 3 is 2.26 bits per heavy atom. The standard InChI is InChI=1S/C26H35N3O6/c1-6-7-10-27-26(17-29(30)31)28-16-20-15-25(35-5)24(34-4)14-19(20)13-21(28)11-18-8-9-22(32-2)23(12-18)33-3/h8-9,12,14-15,17,21,27H,6-7,10-11,13,16H2,1-5H3/b26-17-. The van der Waals surface area contributed by atoms with Crippen LogP contribution >= 0.6 is 0 Å². The predicted octanol–water partition coefficient (Wildman–Crippen LogP) is 4.16. The van der Waals surface area contributed by atoms with Crippen molar-refractivity contribution in [3.05, 3.63) is 69.2 Å². The molecule has 2 aromatic rings. The molecule has 0 aliphatic carbocycles. The van der Waals surface area contributed by atoms with Gasteiger partial charge in [0.05, 0.1) is 33.4 Å². The first-order valence-corrected chi connectivity index (χ1v) is 11.7. The van der Waals surface area contributed by atoms with Gasteiger partial charge in [-0.15, -0.1) is 0 Å². The quantitative estimate of drug-likeness (QED) is 0.272. The Morgan fingerprint density at radius 2 is 1.66 bits per heavy atom. The van der Waals surface area contributed by atoms with E-state index in [2.05, 4.69) is 17.1 Å². The molecule has 0 saturated carbocycles. The summed E-state index contributed by atoms with van der Waals surface area (Å²) >= 11 is 0. The number of unbranched alkanes of at least 4 members (excludes halogenated alkanes) is 1. The summed E-state index contributed by atoms with van der Waals surface area (Å²) in [4.78, 5) is 13.2. The predicted molar refractivity (Wildman–Crippen MR) is 134 cm³/mol. The fraction of sp³-hybridized carbons (Fsp3) is 0.462. The maximum atomic E-state index is 11.5. The van der Waals surface area contributed by atoms with Crippen LogP contribution in [0, 0.1) is 10.1 Å². The molecule has 1 aliphatic heterocycles. The third kappa shape index (κ3) is 6.29. The SMILES string of the molecule is CCCCN/C(=C/[N+](=O)[O-])N1Cc2cc(OC)c(OC)cc2CC1Cc1ccc(OC)c(OC)c1. The summed E-state index contributed by atoms with van der Waals surface area (Å²) < 4.78 is 21.9. The minimum atomic E-state index is -0.397. The fourth-order valence-electron chi connectivity index (χ4n) is 4.44. The summed E-state index contributed by atoms with van der Waals surface area (Å²) in [6.07, 6.45) is 4.34. The smallest absolute Gasteiger partial charge is 0.274 e. The van der Waals surface area contributed by atoms with E-state index in [4.69, 9.17) is 18.9 Å². The van der Waals surface area contributed by atoms with Gasteiger partial charge in [0.1, 0.15) is 0 Å². The first-order chi connectivity index (χ1) is 16.9. The van der Waals surface area contributed by atoms with E-state index in [0.29, 0.717) is 54.8 Å². The highest BCUT2D eigenvalue weighted by molar-refractivity contribution is 5.49. The Bertz CT molecular complexity index is 1060. The lowest BCUT2D eigenvalue weighted by Gasteiger charge is -2.39. The Morgan fingerprint density at radius 1 is 1.03 bits per heavy atom. The van der Waals surface area contributed by atoms with Crippen molar-refractivity contribution >= 4 is 0 Å². The second-order valence-electron chi connectivity index (χ2n) is 8.44. The summed E-state index contributed by atoms with van der Waals surface area (Å²) in [6, 6.07) is 9.79. The van der Waals surface area contributed by atoms with Crippen LogP contribution in [-0.4, -0.2) is 50.8 Å². The average Bonchev–Trinajstić information content (AvgIpc) is 2.86. The maximum absolute atomic E-state index is 11.5. The summed E-state index contributed by atoms with van der Waals surface area (Å²) in [7, 11) is 6.45. The number of methoxy groups -OCH3 is 4. The molecular formula is C26H35N3O6. The molecule has 0 saturated heterocycles. The zero-order valence-corrected chi connectivity index (χ0v) is 21.1. The van der Waals surface area contributed by atoms with Gasteiger partial charge in [-0.2, -0.15) is 0 Å². The van der Waals surface area contributed by atoms with Crippen molar-refractivity contribution in [2.24, 2.45) is 0 Å². The van der Waals surface area contributed by atoms with Gasteiger partial charge >= 0.3 is 0 Å². The average molecular weight is 486 g/mol. The minimum Gasteiger partial charge on any atom is -0.493 e. The largest absolute Gasteiger partial charge is 0.493 e. The zero-order valence-electron chi connectivity index (χ0n) is 21.1. The number of nitrogens with one attached hydrogen (secondary N) is 1. The maximum Gasteiger partial charge on any atom is 0.274 e. The van der Waals surface area contributed by atoms with Crippen LogP contribution in [-0.2, 0) is 19.4 Å². The van der Waals surface area contributed by atoms with E-state index in [-0.39, 0.29) is 6.04 Å². The molecule has 1 atom stereocenters. The molecule has 9 heteroatoms. The summed E-state index contributed by atoms with van der Waals surface area (Å²) in [5.74, 6) is 3.14. The highest BCUT2D eigenvalue weighted by Crippen LogP contribution is 2.37. The molecule has 0 aromatic heterocycles. The molecule has 1 aliphatic rings. The molecule has 0 fully saturated rings. The number of hydrogen-bond donors (Lipinski definition) is 1. The molecule has 0 amide bonds. The molecular weight excluding hydrogens is 450 g/mol. The highest BCUT2D eigenvalue weighted by atomic mass is 16.6. The molecule has 1 unspecified atom stereocenters. The number of fused-ring (bicyclic) bond motifs is 1. The van der Waals surface area contributed by atoms with Gasteiger partial charge in [-0.1, -0.05) is 19.4 Å². The second kappa shape index (κ2) is 12.2. The van der Waals surface area contributed by atoms with Crippen LogP contribution in [0.1, 0.15) is 36.5 Å². The lowest BCUT2D eigenvalue weighted by molar-refractivity contribution is -0.405. The van der Waals surface area contributed by atoms with Crippen molar-refractivity contribution in [3.63, 3.8) is 0 Å². The van der Waals surface area contributed by atoms with Gasteiger partial charge in [-0.25, -0.2) is 0 Å². The van der Waals surface area contributed by atoms with Crippen LogP contribution in [0.3, 0.4) is 0 Å². The van der Waals surface area contributed by atoms with E-state index >= 15 is 0 Å². The summed E-state index contributed by atoms with van der Waals surface area (Å²) in [5, 5.41) is 14.8. The molecule has 0 spiro atoms. The molecule has 3 rings (SSSR count). The molecule has 190 valence electrons. The van der Waals surface area contributed by atoms with Crippen LogP contribution in [0.2, 0.25) is 0 Å². The normalized spacial score (nSPS) is 15.3. The van der Waals surface area contributed by atoms with Gasteiger partial charge in [0.2, 0.25) is 0 Å². The fourth-order valence-corrected chi connectivity index (χ4v) is 4.44. The minimum absolute atomic E-state index is 0.0287. The molecule has 35 heavy (non-hydrogen) atoms. The van der Waals surface area contributed by atoms with E-state index in [1.165, 1.54) is 0 Å². The van der Waals surface area contributed by atoms with Crippen molar-refractivity contribution in [3.8, 4) is 23.0 Å². The van der Waals surface area contributed by atoms with E-state index in [9.17, 15) is 10.1 Å². The van der Waals surface area contributed by atoms with Crippen LogP contribution in [0.25, 0.3) is 0 Å². The first kappa shape index (κ1) is 26.0. The third-order valence-corrected chi connectivity index (χ3v) is 6.24. The van der Waals surface area contributed by atoms with Crippen LogP contribution in [0.5, 0.6) is 23.0 Å². The number of rotatable bonds is 12. The lowest BCUT2D eigenvalue weighted by Crippen LogP contribution is -2.45. The number of hydrogen-bond acceptors (Lipinski definition) is 8. The van der Waals surface area contributed by atoms with Gasteiger partial charge in [0.25, 0.3) is 6.20 Å². The molecule has 1 N–H and O–H groups in total. The van der Waals surface area contributed by atoms with E-state index < -0.39 is 4.92 Å². The van der Waals surface area contributed by atoms with Crippen molar-refractivity contribution in [2.45, 2.75) is 45.2 Å². The van der Waals surface area contributed by atoms with Crippen LogP contribution in [0.4, 0.5) is 0 Å². The Balaban J connectivity index is 2.02. The third-order valence-electron chi connectivity index (χ3n) is 6.24. The number of benzene rings is 2. The van der Waals surface area contributed by atoms with Gasteiger partial charge in [0, 0.05) is 19.1 Å². The molecule has 0 bridgehead atoms. The zero-order chi connectivity index (χ0) is 25.4. The molecule has 0 radical (unpaired) electrons. The van der Waals surface area contributed by atoms with E-state index in [1.54, 1.807) is 28.4 Å². The van der Waals surface area contributed by atoms with Crippen molar-refractivity contribution < 1.29 is 23.9 Å². The van der Waals surface area contributed by atoms with E-state index in [1.807, 2.05) is 30.3 Å². The number of nitrogens with zero attached hydrogens (tertiary/aromatic N) is 2. The van der Waals surface area contributed by atoms with Crippen molar-refractivity contribution in [2.75, 3.05) is 35.0 Å². The summed E-state index contributed by atoms with van der Waals surface area (Å²) in [6.45, 7) is 3.26. The Kier molecular flexibility index (Phi) is 9.05. The van der Waals surface area contributed by atoms with Gasteiger partial charge in [-0.05, 0) is 60.2 Å². The Hall–Kier alpha value is -3.62. The topological polar surface area (TPSA) is 95.3 Å². The molecule has 9 nitrogen and oxygen atoms in total.